The number of hydrogen-bond acceptors (Lipinski definition) is 4. The number of anilines is 2. The Morgan fingerprint density at radius 2 is 1.90 bits per heavy atom. The van der Waals surface area contributed by atoms with E-state index in [1.54, 1.807) is 6.20 Å². The molecule has 0 bridgehead atoms. The minimum Gasteiger partial charge on any atom is -0.336 e. The number of rotatable bonds is 4. The lowest BCUT2D eigenvalue weighted by molar-refractivity contribution is 0.687. The first kappa shape index (κ1) is 13.9. The molecule has 0 atom stereocenters. The van der Waals surface area contributed by atoms with Crippen LogP contribution in [0.4, 0.5) is 11.5 Å². The van der Waals surface area contributed by atoms with Crippen LogP contribution >= 0.6 is 23.2 Å². The molecule has 0 aliphatic rings. The van der Waals surface area contributed by atoms with E-state index in [9.17, 15) is 0 Å². The minimum absolute atomic E-state index is 0.461. The van der Waals surface area contributed by atoms with Gasteiger partial charge in [0.2, 0.25) is 0 Å². The van der Waals surface area contributed by atoms with E-state index in [0.717, 1.165) is 16.3 Å². The lowest BCUT2D eigenvalue weighted by Gasteiger charge is -2.03. The highest BCUT2D eigenvalue weighted by Crippen LogP contribution is 2.21. The highest BCUT2D eigenvalue weighted by molar-refractivity contribution is 6.32. The third-order valence-electron chi connectivity index (χ3n) is 2.82. The van der Waals surface area contributed by atoms with Crippen molar-refractivity contribution in [2.75, 3.05) is 5.32 Å². The number of halogens is 2. The molecule has 2 aromatic heterocycles. The fourth-order valence-corrected chi connectivity index (χ4v) is 2.11. The van der Waals surface area contributed by atoms with Crippen LogP contribution in [0.3, 0.4) is 0 Å². The SMILES string of the molecule is Clc1ccc(Cn2cc(Nc3ncncc3Cl)cn2)cc1. The van der Waals surface area contributed by atoms with Crippen LogP contribution in [-0.2, 0) is 6.54 Å². The largest absolute Gasteiger partial charge is 0.336 e. The Morgan fingerprint density at radius 3 is 2.67 bits per heavy atom. The second-order valence-electron chi connectivity index (χ2n) is 4.40. The monoisotopic (exact) mass is 319 g/mol. The highest BCUT2D eigenvalue weighted by Gasteiger charge is 2.04. The van der Waals surface area contributed by atoms with Crippen molar-refractivity contribution in [3.63, 3.8) is 0 Å². The maximum Gasteiger partial charge on any atom is 0.152 e. The number of nitrogens with one attached hydrogen (secondary N) is 1. The Kier molecular flexibility index (Phi) is 4.03. The summed E-state index contributed by atoms with van der Waals surface area (Å²) in [6.45, 7) is 0.663. The second kappa shape index (κ2) is 6.11. The summed E-state index contributed by atoms with van der Waals surface area (Å²) in [4.78, 5) is 7.91. The van der Waals surface area contributed by atoms with E-state index in [-0.39, 0.29) is 0 Å². The van der Waals surface area contributed by atoms with Crippen molar-refractivity contribution in [3.8, 4) is 0 Å². The van der Waals surface area contributed by atoms with Crippen LogP contribution in [0.25, 0.3) is 0 Å². The molecule has 2 heterocycles. The van der Waals surface area contributed by atoms with Crippen LogP contribution in [-0.4, -0.2) is 19.7 Å². The smallest absolute Gasteiger partial charge is 0.152 e. The summed E-state index contributed by atoms with van der Waals surface area (Å²) < 4.78 is 1.82. The fourth-order valence-electron chi connectivity index (χ4n) is 1.83. The van der Waals surface area contributed by atoms with Crippen LogP contribution in [0, 0.1) is 0 Å². The van der Waals surface area contributed by atoms with Crippen LogP contribution in [0.2, 0.25) is 10.0 Å². The summed E-state index contributed by atoms with van der Waals surface area (Å²) in [7, 11) is 0. The quantitative estimate of drug-likeness (QED) is 0.795. The van der Waals surface area contributed by atoms with Crippen LogP contribution < -0.4 is 5.32 Å². The average molecular weight is 320 g/mol. The van der Waals surface area contributed by atoms with E-state index in [2.05, 4.69) is 20.4 Å². The van der Waals surface area contributed by atoms with Crippen molar-refractivity contribution in [2.45, 2.75) is 6.54 Å². The van der Waals surface area contributed by atoms with Gasteiger partial charge in [0.05, 0.1) is 24.6 Å². The molecular weight excluding hydrogens is 309 g/mol. The zero-order valence-corrected chi connectivity index (χ0v) is 12.4. The van der Waals surface area contributed by atoms with E-state index < -0.39 is 0 Å². The molecule has 7 heteroatoms. The predicted octanol–water partition coefficient (Wildman–Crippen LogP) is 3.77. The summed E-state index contributed by atoms with van der Waals surface area (Å²) in [5.74, 6) is 0.553. The van der Waals surface area contributed by atoms with E-state index in [1.807, 2.05) is 35.1 Å². The highest BCUT2D eigenvalue weighted by atomic mass is 35.5. The summed E-state index contributed by atoms with van der Waals surface area (Å²) >= 11 is 11.9. The first-order chi connectivity index (χ1) is 10.2. The Bertz CT molecular complexity index is 739. The molecule has 1 aromatic carbocycles. The maximum atomic E-state index is 6.00. The van der Waals surface area contributed by atoms with Crippen molar-refractivity contribution in [1.29, 1.82) is 0 Å². The van der Waals surface area contributed by atoms with Gasteiger partial charge in [-0.2, -0.15) is 5.10 Å². The van der Waals surface area contributed by atoms with E-state index in [1.165, 1.54) is 12.5 Å². The molecule has 1 N–H and O–H groups in total. The van der Waals surface area contributed by atoms with E-state index >= 15 is 0 Å². The molecule has 21 heavy (non-hydrogen) atoms. The second-order valence-corrected chi connectivity index (χ2v) is 5.24. The summed E-state index contributed by atoms with van der Waals surface area (Å²) in [5.41, 5.74) is 1.93. The lowest BCUT2D eigenvalue weighted by Crippen LogP contribution is -1.99. The number of benzene rings is 1. The molecule has 0 spiro atoms. The van der Waals surface area contributed by atoms with E-state index in [4.69, 9.17) is 23.2 Å². The van der Waals surface area contributed by atoms with Gasteiger partial charge in [-0.05, 0) is 17.7 Å². The van der Waals surface area contributed by atoms with E-state index in [0.29, 0.717) is 17.4 Å². The molecule has 0 aliphatic carbocycles. The Morgan fingerprint density at radius 1 is 1.10 bits per heavy atom. The standard InChI is InChI=1S/C14H11Cl2N5/c15-11-3-1-10(2-4-11)7-21-8-12(5-19-21)20-14-13(16)6-17-9-18-14/h1-6,8-9H,7H2,(H,17,18,20). The molecule has 3 rings (SSSR count). The molecule has 106 valence electrons. The van der Waals surface area contributed by atoms with Gasteiger partial charge in [-0.3, -0.25) is 4.68 Å². The van der Waals surface area contributed by atoms with Gasteiger partial charge in [-0.25, -0.2) is 9.97 Å². The van der Waals surface area contributed by atoms with Crippen molar-refractivity contribution in [3.05, 3.63) is 64.8 Å². The summed E-state index contributed by atoms with van der Waals surface area (Å²) in [5, 5.41) is 8.58. The predicted molar refractivity (Wildman–Crippen MR) is 83.1 cm³/mol. The Balaban J connectivity index is 1.72. The van der Waals surface area contributed by atoms with Crippen molar-refractivity contribution in [1.82, 2.24) is 19.7 Å². The van der Waals surface area contributed by atoms with Gasteiger partial charge in [0.25, 0.3) is 0 Å². The molecule has 0 saturated carbocycles. The average Bonchev–Trinajstić information content (AvgIpc) is 2.91. The van der Waals surface area contributed by atoms with Gasteiger partial charge in [0.15, 0.2) is 5.82 Å². The number of nitrogens with zero attached hydrogens (tertiary/aromatic N) is 4. The van der Waals surface area contributed by atoms with Gasteiger partial charge < -0.3 is 5.32 Å². The zero-order chi connectivity index (χ0) is 14.7. The molecule has 3 aromatic rings. The van der Waals surface area contributed by atoms with Gasteiger partial charge >= 0.3 is 0 Å². The minimum atomic E-state index is 0.461. The Labute approximate surface area is 131 Å². The molecule has 0 aliphatic heterocycles. The normalized spacial score (nSPS) is 10.6. The third-order valence-corrected chi connectivity index (χ3v) is 3.35. The molecule has 0 amide bonds. The molecule has 0 unspecified atom stereocenters. The van der Waals surface area contributed by atoms with Gasteiger partial charge in [-0.1, -0.05) is 35.3 Å². The van der Waals surface area contributed by atoms with Crippen molar-refractivity contribution < 1.29 is 0 Å². The zero-order valence-electron chi connectivity index (χ0n) is 10.9. The number of aromatic nitrogens is 4. The Hall–Kier alpha value is -2.11. The third kappa shape index (κ3) is 3.51. The first-order valence-electron chi connectivity index (χ1n) is 6.20. The van der Waals surface area contributed by atoms with Gasteiger partial charge in [-0.15, -0.1) is 0 Å². The molecule has 0 saturated heterocycles. The molecule has 5 nitrogen and oxygen atoms in total. The van der Waals surface area contributed by atoms with Crippen molar-refractivity contribution in [2.24, 2.45) is 0 Å². The maximum absolute atomic E-state index is 6.00. The van der Waals surface area contributed by atoms with Crippen molar-refractivity contribution >= 4 is 34.7 Å². The molecule has 0 radical (unpaired) electrons. The first-order valence-corrected chi connectivity index (χ1v) is 6.96. The van der Waals surface area contributed by atoms with Crippen LogP contribution in [0.15, 0.2) is 49.2 Å². The summed E-state index contributed by atoms with van der Waals surface area (Å²) in [6, 6.07) is 7.66. The molecule has 0 fully saturated rings. The molecular formula is C14H11Cl2N5. The van der Waals surface area contributed by atoms with Crippen LogP contribution in [0.5, 0.6) is 0 Å². The van der Waals surface area contributed by atoms with Crippen LogP contribution in [0.1, 0.15) is 5.56 Å². The van der Waals surface area contributed by atoms with Gasteiger partial charge in [0.1, 0.15) is 11.3 Å². The number of hydrogen-bond donors (Lipinski definition) is 1. The fraction of sp³-hybridized carbons (Fsp3) is 0.0714. The van der Waals surface area contributed by atoms with Gasteiger partial charge in [0, 0.05) is 11.2 Å². The summed E-state index contributed by atoms with van der Waals surface area (Å²) in [6.07, 6.45) is 6.57. The topological polar surface area (TPSA) is 55.6 Å². The lowest BCUT2D eigenvalue weighted by atomic mass is 10.2.